The lowest BCUT2D eigenvalue weighted by Gasteiger charge is -2.07. The first-order valence-corrected chi connectivity index (χ1v) is 10.2. The fraction of sp³-hybridized carbons (Fsp3) is 0.111. The van der Waals surface area contributed by atoms with Crippen molar-refractivity contribution in [3.8, 4) is 6.07 Å². The molecule has 0 bridgehead atoms. The van der Waals surface area contributed by atoms with Crippen molar-refractivity contribution in [2.45, 2.75) is 20.4 Å². The van der Waals surface area contributed by atoms with Gasteiger partial charge in [-0.25, -0.2) is 0 Å². The summed E-state index contributed by atoms with van der Waals surface area (Å²) in [6, 6.07) is 25.9. The van der Waals surface area contributed by atoms with Crippen LogP contribution >= 0.6 is 0 Å². The van der Waals surface area contributed by atoms with Crippen LogP contribution in [0.2, 0.25) is 0 Å². The molecule has 31 heavy (non-hydrogen) atoms. The molecule has 1 amide bonds. The molecule has 0 atom stereocenters. The standard InChI is InChI=1S/C27H23N3O/c1-19-7-11-21(12-8-19)22(16-28)15-23-17-30(26-6-4-3-5-25(23)26)18-27(31)29-24-13-9-20(2)10-14-24/h3-15,17H,18H2,1-2H3,(H,29,31)/b22-15-. The van der Waals surface area contributed by atoms with Crippen molar-refractivity contribution in [2.24, 2.45) is 0 Å². The van der Waals surface area contributed by atoms with Crippen LogP contribution in [0.1, 0.15) is 22.3 Å². The normalized spacial score (nSPS) is 11.3. The summed E-state index contributed by atoms with van der Waals surface area (Å²) < 4.78 is 1.93. The Morgan fingerprint density at radius 1 is 0.968 bits per heavy atom. The summed E-state index contributed by atoms with van der Waals surface area (Å²) in [5, 5.41) is 13.7. The third-order valence-corrected chi connectivity index (χ3v) is 5.25. The van der Waals surface area contributed by atoms with Crippen LogP contribution in [0.4, 0.5) is 5.69 Å². The summed E-state index contributed by atoms with van der Waals surface area (Å²) >= 11 is 0. The molecule has 0 aliphatic heterocycles. The van der Waals surface area contributed by atoms with Crippen LogP contribution in [0.5, 0.6) is 0 Å². The van der Waals surface area contributed by atoms with Gasteiger partial charge in [0.2, 0.25) is 5.91 Å². The molecule has 4 aromatic rings. The number of carbonyl (C=O) groups is 1. The van der Waals surface area contributed by atoms with E-state index in [1.165, 1.54) is 0 Å². The molecule has 152 valence electrons. The molecule has 0 saturated heterocycles. The number of aromatic nitrogens is 1. The minimum atomic E-state index is -0.0980. The molecule has 1 heterocycles. The van der Waals surface area contributed by atoms with Gasteiger partial charge >= 0.3 is 0 Å². The summed E-state index contributed by atoms with van der Waals surface area (Å²) in [5.41, 5.74) is 6.40. The molecule has 4 rings (SSSR count). The SMILES string of the molecule is Cc1ccc(NC(=O)Cn2cc(/C=C(/C#N)c3ccc(C)cc3)c3ccccc32)cc1. The molecular weight excluding hydrogens is 382 g/mol. The van der Waals surface area contributed by atoms with E-state index >= 15 is 0 Å². The Labute approximate surface area is 182 Å². The number of benzene rings is 3. The maximum absolute atomic E-state index is 12.7. The highest BCUT2D eigenvalue weighted by molar-refractivity contribution is 5.99. The molecule has 0 spiro atoms. The van der Waals surface area contributed by atoms with Gasteiger partial charge in [-0.2, -0.15) is 5.26 Å². The van der Waals surface area contributed by atoms with Crippen LogP contribution in [0, 0.1) is 25.2 Å². The smallest absolute Gasteiger partial charge is 0.244 e. The minimum absolute atomic E-state index is 0.0980. The monoisotopic (exact) mass is 405 g/mol. The van der Waals surface area contributed by atoms with Crippen molar-refractivity contribution < 1.29 is 4.79 Å². The number of nitrogens with one attached hydrogen (secondary N) is 1. The number of rotatable bonds is 5. The van der Waals surface area contributed by atoms with Gasteiger partial charge in [-0.1, -0.05) is 65.7 Å². The fourth-order valence-corrected chi connectivity index (χ4v) is 3.58. The van der Waals surface area contributed by atoms with Gasteiger partial charge in [0.05, 0.1) is 11.6 Å². The molecule has 0 saturated carbocycles. The van der Waals surface area contributed by atoms with E-state index in [1.54, 1.807) is 0 Å². The Balaban J connectivity index is 1.65. The predicted octanol–water partition coefficient (Wildman–Crippen LogP) is 5.96. The first kappa shape index (κ1) is 20.2. The highest BCUT2D eigenvalue weighted by Crippen LogP contribution is 2.26. The zero-order valence-electron chi connectivity index (χ0n) is 17.6. The lowest BCUT2D eigenvalue weighted by atomic mass is 10.0. The number of nitrogens with zero attached hydrogens (tertiary/aromatic N) is 2. The Kier molecular flexibility index (Phi) is 5.68. The van der Waals surface area contributed by atoms with E-state index in [2.05, 4.69) is 11.4 Å². The molecule has 0 fully saturated rings. The molecule has 3 aromatic carbocycles. The second kappa shape index (κ2) is 8.73. The number of para-hydroxylation sites is 1. The van der Waals surface area contributed by atoms with E-state index in [0.717, 1.165) is 38.8 Å². The molecule has 4 nitrogen and oxygen atoms in total. The van der Waals surface area contributed by atoms with Crippen molar-refractivity contribution in [2.75, 3.05) is 5.32 Å². The first-order chi connectivity index (χ1) is 15.0. The number of aryl methyl sites for hydroxylation is 2. The fourth-order valence-electron chi connectivity index (χ4n) is 3.58. The molecule has 0 aliphatic carbocycles. The second-order valence-corrected chi connectivity index (χ2v) is 7.68. The van der Waals surface area contributed by atoms with Gasteiger partial charge < -0.3 is 9.88 Å². The van der Waals surface area contributed by atoms with Crippen LogP contribution in [-0.4, -0.2) is 10.5 Å². The Morgan fingerprint density at radius 3 is 2.29 bits per heavy atom. The maximum Gasteiger partial charge on any atom is 0.244 e. The second-order valence-electron chi connectivity index (χ2n) is 7.68. The van der Waals surface area contributed by atoms with Crippen molar-refractivity contribution >= 4 is 34.1 Å². The van der Waals surface area contributed by atoms with Crippen LogP contribution in [0.15, 0.2) is 79.0 Å². The zero-order chi connectivity index (χ0) is 21.8. The number of hydrogen-bond acceptors (Lipinski definition) is 2. The summed E-state index contributed by atoms with van der Waals surface area (Å²) in [7, 11) is 0. The highest BCUT2D eigenvalue weighted by atomic mass is 16.1. The number of fused-ring (bicyclic) bond motifs is 1. The van der Waals surface area contributed by atoms with Crippen LogP contribution in [0.25, 0.3) is 22.6 Å². The average molecular weight is 406 g/mol. The van der Waals surface area contributed by atoms with Crippen LogP contribution < -0.4 is 5.32 Å². The Bertz CT molecular complexity index is 1300. The average Bonchev–Trinajstić information content (AvgIpc) is 3.11. The number of allylic oxidation sites excluding steroid dienone is 1. The molecule has 1 aromatic heterocycles. The topological polar surface area (TPSA) is 57.8 Å². The van der Waals surface area contributed by atoms with Gasteiger partial charge in [-0.15, -0.1) is 0 Å². The van der Waals surface area contributed by atoms with E-state index in [-0.39, 0.29) is 12.5 Å². The number of hydrogen-bond donors (Lipinski definition) is 1. The van der Waals surface area contributed by atoms with E-state index in [4.69, 9.17) is 0 Å². The molecule has 4 heteroatoms. The van der Waals surface area contributed by atoms with Gasteiger partial charge in [-0.3, -0.25) is 4.79 Å². The van der Waals surface area contributed by atoms with E-state index in [1.807, 2.05) is 103 Å². The summed E-state index contributed by atoms with van der Waals surface area (Å²) in [4.78, 5) is 12.7. The van der Waals surface area contributed by atoms with Gasteiger partial charge in [0, 0.05) is 28.4 Å². The van der Waals surface area contributed by atoms with Crippen molar-refractivity contribution in [3.63, 3.8) is 0 Å². The zero-order valence-corrected chi connectivity index (χ0v) is 17.6. The molecule has 0 radical (unpaired) electrons. The summed E-state index contributed by atoms with van der Waals surface area (Å²) in [6.45, 7) is 4.22. The van der Waals surface area contributed by atoms with Crippen molar-refractivity contribution in [3.05, 3.63) is 101 Å². The highest BCUT2D eigenvalue weighted by Gasteiger charge is 2.11. The first-order valence-electron chi connectivity index (χ1n) is 10.2. The lowest BCUT2D eigenvalue weighted by molar-refractivity contribution is -0.116. The number of amides is 1. The van der Waals surface area contributed by atoms with E-state index in [9.17, 15) is 10.1 Å². The summed E-state index contributed by atoms with van der Waals surface area (Å²) in [5.74, 6) is -0.0980. The molecule has 1 N–H and O–H groups in total. The Morgan fingerprint density at radius 2 is 1.61 bits per heavy atom. The van der Waals surface area contributed by atoms with Crippen molar-refractivity contribution in [1.29, 1.82) is 5.26 Å². The largest absolute Gasteiger partial charge is 0.337 e. The van der Waals surface area contributed by atoms with E-state index < -0.39 is 0 Å². The lowest BCUT2D eigenvalue weighted by Crippen LogP contribution is -2.18. The van der Waals surface area contributed by atoms with Crippen LogP contribution in [-0.2, 0) is 11.3 Å². The number of anilines is 1. The quantitative estimate of drug-likeness (QED) is 0.416. The van der Waals surface area contributed by atoms with Gasteiger partial charge in [0.25, 0.3) is 0 Å². The van der Waals surface area contributed by atoms with Crippen LogP contribution in [0.3, 0.4) is 0 Å². The Hall–Kier alpha value is -4.10. The van der Waals surface area contributed by atoms with Gasteiger partial charge in [-0.05, 0) is 43.7 Å². The minimum Gasteiger partial charge on any atom is -0.337 e. The molecular formula is C27H23N3O. The van der Waals surface area contributed by atoms with Gasteiger partial charge in [0.15, 0.2) is 0 Å². The maximum atomic E-state index is 12.7. The number of nitriles is 1. The molecule has 0 unspecified atom stereocenters. The van der Waals surface area contributed by atoms with E-state index in [0.29, 0.717) is 5.57 Å². The third kappa shape index (κ3) is 4.57. The summed E-state index contributed by atoms with van der Waals surface area (Å²) in [6.07, 6.45) is 3.83. The number of carbonyl (C=O) groups excluding carboxylic acids is 1. The third-order valence-electron chi connectivity index (χ3n) is 5.25. The van der Waals surface area contributed by atoms with Crippen molar-refractivity contribution in [1.82, 2.24) is 4.57 Å². The predicted molar refractivity (Wildman–Crippen MR) is 126 cm³/mol. The van der Waals surface area contributed by atoms with Gasteiger partial charge in [0.1, 0.15) is 6.54 Å². The molecule has 0 aliphatic rings.